The molecule has 0 amide bonds. The molecule has 0 bridgehead atoms. The van der Waals surface area contributed by atoms with Gasteiger partial charge in [0.25, 0.3) is 0 Å². The Morgan fingerprint density at radius 2 is 0.727 bits per heavy atom. The molecule has 0 fully saturated rings. The molecule has 0 atom stereocenters. The first-order valence-electron chi connectivity index (χ1n) is 18.4. The SMILES string of the molecule is c1ccc(-c2ccc(-c3ccc(-c4nc(-c5cccc(-c6cccc7c6oc6ccccc67)c5)nc(-c5ccccc5-c5ccccc5)n4)cc3)cc2)cc1. The van der Waals surface area contributed by atoms with Crippen LogP contribution in [0.4, 0.5) is 0 Å². The highest BCUT2D eigenvalue weighted by Crippen LogP contribution is 2.38. The molecule has 0 aliphatic heterocycles. The Morgan fingerprint density at radius 3 is 1.44 bits per heavy atom. The third kappa shape index (κ3) is 6.16. The normalized spacial score (nSPS) is 11.3. The van der Waals surface area contributed by atoms with Crippen LogP contribution >= 0.6 is 0 Å². The van der Waals surface area contributed by atoms with Gasteiger partial charge in [0.1, 0.15) is 11.2 Å². The molecule has 0 saturated heterocycles. The van der Waals surface area contributed by atoms with Gasteiger partial charge in [-0.2, -0.15) is 0 Å². The van der Waals surface area contributed by atoms with Crippen LogP contribution < -0.4 is 0 Å². The van der Waals surface area contributed by atoms with Crippen molar-refractivity contribution in [3.05, 3.63) is 200 Å². The third-order valence-electron chi connectivity index (χ3n) is 10.2. The van der Waals surface area contributed by atoms with Crippen LogP contribution in [0.25, 0.3) is 101 Å². The smallest absolute Gasteiger partial charge is 0.164 e. The monoisotopic (exact) mass is 703 g/mol. The summed E-state index contributed by atoms with van der Waals surface area (Å²) in [6.07, 6.45) is 0. The largest absolute Gasteiger partial charge is 0.455 e. The van der Waals surface area contributed by atoms with Crippen molar-refractivity contribution >= 4 is 21.9 Å². The number of rotatable bonds is 7. The topological polar surface area (TPSA) is 51.8 Å². The van der Waals surface area contributed by atoms with Gasteiger partial charge in [-0.1, -0.05) is 188 Å². The van der Waals surface area contributed by atoms with Gasteiger partial charge >= 0.3 is 0 Å². The van der Waals surface area contributed by atoms with E-state index in [0.29, 0.717) is 17.5 Å². The van der Waals surface area contributed by atoms with E-state index in [-0.39, 0.29) is 0 Å². The zero-order chi connectivity index (χ0) is 36.6. The molecule has 2 aromatic heterocycles. The summed E-state index contributed by atoms with van der Waals surface area (Å²) in [5.41, 5.74) is 13.4. The van der Waals surface area contributed by atoms with Crippen LogP contribution in [-0.2, 0) is 0 Å². The minimum atomic E-state index is 0.599. The lowest BCUT2D eigenvalue weighted by atomic mass is 9.98. The van der Waals surface area contributed by atoms with Crippen molar-refractivity contribution in [3.8, 4) is 78.7 Å². The first kappa shape index (κ1) is 32.2. The molecule has 0 unspecified atom stereocenters. The van der Waals surface area contributed by atoms with Crippen LogP contribution in [-0.4, -0.2) is 15.0 Å². The zero-order valence-electron chi connectivity index (χ0n) is 29.8. The molecule has 0 spiro atoms. The minimum Gasteiger partial charge on any atom is -0.455 e. The van der Waals surface area contributed by atoms with Gasteiger partial charge < -0.3 is 4.42 Å². The molecule has 0 aliphatic carbocycles. The summed E-state index contributed by atoms with van der Waals surface area (Å²) >= 11 is 0. The Kier molecular flexibility index (Phi) is 8.12. The predicted octanol–water partition coefficient (Wildman–Crippen LogP) is 13.4. The van der Waals surface area contributed by atoms with E-state index in [1.165, 1.54) is 11.1 Å². The maximum Gasteiger partial charge on any atom is 0.164 e. The van der Waals surface area contributed by atoms with E-state index in [0.717, 1.165) is 72.0 Å². The van der Waals surface area contributed by atoms with Gasteiger partial charge in [-0.25, -0.2) is 15.0 Å². The summed E-state index contributed by atoms with van der Waals surface area (Å²) in [5, 5.41) is 2.20. The molecule has 8 aromatic carbocycles. The standard InChI is InChI=1S/C51H33N3O/c1-3-13-34(14-4-1)35-25-27-36(28-26-35)37-29-31-39(32-30-37)49-52-50(54-51(53-49)46-21-8-7-19-42(46)38-15-5-2-6-16-38)41-18-11-17-40(33-41)43-22-12-23-45-44-20-9-10-24-47(44)55-48(43)45/h1-33H. The van der Waals surface area contributed by atoms with Crippen molar-refractivity contribution in [2.45, 2.75) is 0 Å². The second-order valence-electron chi connectivity index (χ2n) is 13.6. The summed E-state index contributed by atoms with van der Waals surface area (Å²) < 4.78 is 6.42. The summed E-state index contributed by atoms with van der Waals surface area (Å²) in [6, 6.07) is 69.2. The summed E-state index contributed by atoms with van der Waals surface area (Å²) in [4.78, 5) is 15.4. The van der Waals surface area contributed by atoms with Crippen LogP contribution in [0.15, 0.2) is 205 Å². The predicted molar refractivity (Wildman–Crippen MR) is 225 cm³/mol. The van der Waals surface area contributed by atoms with Crippen LogP contribution in [0.3, 0.4) is 0 Å². The average molecular weight is 704 g/mol. The number of fused-ring (bicyclic) bond motifs is 3. The molecule has 4 nitrogen and oxygen atoms in total. The van der Waals surface area contributed by atoms with Gasteiger partial charge in [0, 0.05) is 33.0 Å². The molecular weight excluding hydrogens is 671 g/mol. The summed E-state index contributed by atoms with van der Waals surface area (Å²) in [7, 11) is 0. The number of nitrogens with zero attached hydrogens (tertiary/aromatic N) is 3. The third-order valence-corrected chi connectivity index (χ3v) is 10.2. The zero-order valence-corrected chi connectivity index (χ0v) is 29.8. The van der Waals surface area contributed by atoms with Gasteiger partial charge in [0.05, 0.1) is 0 Å². The van der Waals surface area contributed by atoms with Gasteiger partial charge in [-0.3, -0.25) is 0 Å². The van der Waals surface area contributed by atoms with Crippen molar-refractivity contribution in [1.82, 2.24) is 15.0 Å². The number of benzene rings is 8. The fraction of sp³-hybridized carbons (Fsp3) is 0. The van der Waals surface area contributed by atoms with E-state index in [9.17, 15) is 0 Å². The van der Waals surface area contributed by atoms with E-state index in [1.54, 1.807) is 0 Å². The lowest BCUT2D eigenvalue weighted by Crippen LogP contribution is -2.01. The van der Waals surface area contributed by atoms with Gasteiger partial charge in [0.15, 0.2) is 17.5 Å². The Labute approximate surface area is 319 Å². The lowest BCUT2D eigenvalue weighted by Gasteiger charge is -2.13. The first-order chi connectivity index (χ1) is 27.2. The van der Waals surface area contributed by atoms with Gasteiger partial charge in [-0.05, 0) is 51.1 Å². The Bertz CT molecular complexity index is 2950. The first-order valence-corrected chi connectivity index (χ1v) is 18.4. The molecule has 10 aromatic rings. The molecule has 0 radical (unpaired) electrons. The number of para-hydroxylation sites is 2. The van der Waals surface area contributed by atoms with Crippen LogP contribution in [0.1, 0.15) is 0 Å². The van der Waals surface area contributed by atoms with E-state index in [2.05, 4.69) is 164 Å². The summed E-state index contributed by atoms with van der Waals surface area (Å²) in [5.74, 6) is 1.82. The van der Waals surface area contributed by atoms with E-state index < -0.39 is 0 Å². The molecule has 0 aliphatic rings. The molecule has 0 N–H and O–H groups in total. The van der Waals surface area contributed by atoms with Crippen LogP contribution in [0.2, 0.25) is 0 Å². The molecule has 258 valence electrons. The summed E-state index contributed by atoms with van der Waals surface area (Å²) in [6.45, 7) is 0. The number of hydrogen-bond acceptors (Lipinski definition) is 4. The van der Waals surface area contributed by atoms with Crippen molar-refractivity contribution < 1.29 is 4.42 Å². The Hall–Kier alpha value is -7.43. The number of aromatic nitrogens is 3. The van der Waals surface area contributed by atoms with Crippen LogP contribution in [0.5, 0.6) is 0 Å². The van der Waals surface area contributed by atoms with Crippen molar-refractivity contribution in [2.24, 2.45) is 0 Å². The highest BCUT2D eigenvalue weighted by Gasteiger charge is 2.17. The molecule has 2 heterocycles. The highest BCUT2D eigenvalue weighted by molar-refractivity contribution is 6.09. The molecule has 0 saturated carbocycles. The second-order valence-corrected chi connectivity index (χ2v) is 13.6. The van der Waals surface area contributed by atoms with Crippen molar-refractivity contribution in [2.75, 3.05) is 0 Å². The molecule has 4 heteroatoms. The van der Waals surface area contributed by atoms with Crippen LogP contribution in [0, 0.1) is 0 Å². The second kappa shape index (κ2) is 13.8. The van der Waals surface area contributed by atoms with E-state index in [4.69, 9.17) is 19.4 Å². The average Bonchev–Trinajstić information content (AvgIpc) is 3.66. The molecule has 10 rings (SSSR count). The molecular formula is C51H33N3O. The fourth-order valence-electron chi connectivity index (χ4n) is 7.40. The van der Waals surface area contributed by atoms with E-state index in [1.807, 2.05) is 36.4 Å². The van der Waals surface area contributed by atoms with Gasteiger partial charge in [0.2, 0.25) is 0 Å². The maximum absolute atomic E-state index is 6.42. The van der Waals surface area contributed by atoms with Gasteiger partial charge in [-0.15, -0.1) is 0 Å². The Morgan fingerprint density at radius 1 is 0.273 bits per heavy atom. The molecule has 55 heavy (non-hydrogen) atoms. The Balaban J connectivity index is 1.08. The number of furan rings is 1. The fourth-order valence-corrected chi connectivity index (χ4v) is 7.40. The lowest BCUT2D eigenvalue weighted by molar-refractivity contribution is 0.670. The van der Waals surface area contributed by atoms with Crippen molar-refractivity contribution in [1.29, 1.82) is 0 Å². The van der Waals surface area contributed by atoms with Crippen molar-refractivity contribution in [3.63, 3.8) is 0 Å². The maximum atomic E-state index is 6.42. The minimum absolute atomic E-state index is 0.599. The highest BCUT2D eigenvalue weighted by atomic mass is 16.3. The quantitative estimate of drug-likeness (QED) is 0.166. The number of hydrogen-bond donors (Lipinski definition) is 0. The van der Waals surface area contributed by atoms with E-state index >= 15 is 0 Å².